The molecule has 0 aliphatic heterocycles. The number of nitrogens with one attached hydrogen (secondary N) is 2. The minimum absolute atomic E-state index is 0.0636. The van der Waals surface area contributed by atoms with E-state index >= 15 is 0 Å². The van der Waals surface area contributed by atoms with Gasteiger partial charge in [0.05, 0.1) is 5.75 Å². The summed E-state index contributed by atoms with van der Waals surface area (Å²) >= 11 is 1.21. The monoisotopic (exact) mass is 326 g/mol. The number of carbonyl (C=O) groups is 3. The van der Waals surface area contributed by atoms with Gasteiger partial charge in [-0.1, -0.05) is 11.8 Å². The minimum Gasteiger partial charge on any atom is -0.370 e. The lowest BCUT2D eigenvalue weighted by Gasteiger charge is -2.08. The largest absolute Gasteiger partial charge is 0.370 e. The maximum Gasteiger partial charge on any atom is 0.321 e. The normalized spacial score (nSPS) is 13.7. The van der Waals surface area contributed by atoms with Gasteiger partial charge in [0.15, 0.2) is 5.16 Å². The third kappa shape index (κ3) is 4.45. The van der Waals surface area contributed by atoms with Crippen molar-refractivity contribution >= 4 is 29.6 Å². The number of carbonyl (C=O) groups excluding carboxylic acids is 3. The Balaban J connectivity index is 1.97. The van der Waals surface area contributed by atoms with Gasteiger partial charge in [0, 0.05) is 25.9 Å². The Morgan fingerprint density at radius 2 is 2.09 bits per heavy atom. The minimum atomic E-state index is -0.545. The van der Waals surface area contributed by atoms with E-state index in [1.54, 1.807) is 0 Å². The van der Waals surface area contributed by atoms with Crippen molar-refractivity contribution in [1.82, 2.24) is 25.4 Å². The lowest BCUT2D eigenvalue weighted by molar-refractivity contribution is -0.118. The maximum atomic E-state index is 11.6. The number of nitrogens with zero attached hydrogens (tertiary/aromatic N) is 3. The van der Waals surface area contributed by atoms with E-state index in [0.29, 0.717) is 23.4 Å². The molecule has 0 radical (unpaired) electrons. The molecular formula is C12H18N6O3S. The van der Waals surface area contributed by atoms with E-state index in [4.69, 9.17) is 5.73 Å². The molecule has 1 aromatic rings. The first-order valence-corrected chi connectivity index (χ1v) is 7.86. The molecule has 0 spiro atoms. The van der Waals surface area contributed by atoms with Crippen molar-refractivity contribution in [3.05, 3.63) is 5.82 Å². The van der Waals surface area contributed by atoms with Gasteiger partial charge in [0.1, 0.15) is 5.82 Å². The van der Waals surface area contributed by atoms with Crippen LogP contribution in [0.25, 0.3) is 0 Å². The first kappa shape index (κ1) is 16.3. The SMILES string of the molecule is CNC(=O)NC(=O)CSc1nnc(CCC(N)=O)n1C1CC1. The van der Waals surface area contributed by atoms with Crippen LogP contribution < -0.4 is 16.4 Å². The number of nitrogens with two attached hydrogens (primary N) is 1. The fourth-order valence-electron chi connectivity index (χ4n) is 1.87. The molecule has 1 saturated carbocycles. The summed E-state index contributed by atoms with van der Waals surface area (Å²) in [5.41, 5.74) is 5.15. The Hall–Kier alpha value is -2.10. The number of hydrogen-bond acceptors (Lipinski definition) is 6. The number of aromatic nitrogens is 3. The molecule has 9 nitrogen and oxygen atoms in total. The van der Waals surface area contributed by atoms with Crippen LogP contribution in [0.4, 0.5) is 4.79 Å². The van der Waals surface area contributed by atoms with Crippen LogP contribution >= 0.6 is 11.8 Å². The summed E-state index contributed by atoms with van der Waals surface area (Å²) in [5.74, 6) is -0.0259. The van der Waals surface area contributed by atoms with E-state index in [9.17, 15) is 14.4 Å². The summed E-state index contributed by atoms with van der Waals surface area (Å²) in [5, 5.41) is 13.3. The molecule has 22 heavy (non-hydrogen) atoms. The molecule has 0 aromatic carbocycles. The third-order valence-electron chi connectivity index (χ3n) is 3.05. The van der Waals surface area contributed by atoms with Crippen LogP contribution in [-0.2, 0) is 16.0 Å². The van der Waals surface area contributed by atoms with Gasteiger partial charge in [-0.05, 0) is 12.8 Å². The van der Waals surface area contributed by atoms with Crippen molar-refractivity contribution in [2.45, 2.75) is 36.9 Å². The number of rotatable bonds is 7. The standard InChI is InChI=1S/C12H18N6O3S/c1-14-11(21)15-10(20)6-22-12-17-16-9(5-4-8(13)19)18(12)7-2-3-7/h7H,2-6H2,1H3,(H2,13,19)(H2,14,15,20,21). The molecule has 1 aromatic heterocycles. The molecule has 0 bridgehead atoms. The van der Waals surface area contributed by atoms with E-state index in [2.05, 4.69) is 20.8 Å². The Kier molecular flexibility index (Phi) is 5.36. The van der Waals surface area contributed by atoms with Crippen molar-refractivity contribution in [3.63, 3.8) is 0 Å². The summed E-state index contributed by atoms with van der Waals surface area (Å²) in [7, 11) is 1.44. The zero-order valence-electron chi connectivity index (χ0n) is 12.2. The van der Waals surface area contributed by atoms with Crippen LogP contribution in [-0.4, -0.2) is 45.4 Å². The van der Waals surface area contributed by atoms with E-state index in [-0.39, 0.29) is 18.1 Å². The molecule has 1 heterocycles. The molecule has 1 aliphatic rings. The van der Waals surface area contributed by atoms with Gasteiger partial charge in [-0.3, -0.25) is 14.9 Å². The molecule has 10 heteroatoms. The first-order chi connectivity index (χ1) is 10.5. The second-order valence-corrected chi connectivity index (χ2v) is 5.82. The lowest BCUT2D eigenvalue weighted by atomic mass is 10.3. The van der Waals surface area contributed by atoms with Crippen LogP contribution in [0.2, 0.25) is 0 Å². The molecule has 4 N–H and O–H groups in total. The van der Waals surface area contributed by atoms with Crippen molar-refractivity contribution in [1.29, 1.82) is 0 Å². The van der Waals surface area contributed by atoms with Crippen molar-refractivity contribution in [3.8, 4) is 0 Å². The fraction of sp³-hybridized carbons (Fsp3) is 0.583. The van der Waals surface area contributed by atoms with Crippen LogP contribution in [0.15, 0.2) is 5.16 Å². The molecule has 120 valence electrons. The van der Waals surface area contributed by atoms with Gasteiger partial charge in [0.2, 0.25) is 11.8 Å². The Bertz CT molecular complexity index is 583. The summed E-state index contributed by atoms with van der Waals surface area (Å²) in [6.07, 6.45) is 2.70. The average Bonchev–Trinajstić information content (AvgIpc) is 3.23. The van der Waals surface area contributed by atoms with E-state index in [0.717, 1.165) is 12.8 Å². The number of imide groups is 1. The summed E-state index contributed by atoms with van der Waals surface area (Å²) < 4.78 is 1.96. The van der Waals surface area contributed by atoms with Gasteiger partial charge >= 0.3 is 6.03 Å². The van der Waals surface area contributed by atoms with E-state index in [1.807, 2.05) is 4.57 Å². The highest BCUT2D eigenvalue weighted by Crippen LogP contribution is 2.38. The first-order valence-electron chi connectivity index (χ1n) is 6.87. The summed E-state index contributed by atoms with van der Waals surface area (Å²) in [4.78, 5) is 33.5. The highest BCUT2D eigenvalue weighted by Gasteiger charge is 2.29. The molecule has 1 fully saturated rings. The number of primary amides is 1. The van der Waals surface area contributed by atoms with Crippen LogP contribution in [0.5, 0.6) is 0 Å². The Morgan fingerprint density at radius 3 is 2.68 bits per heavy atom. The zero-order valence-corrected chi connectivity index (χ0v) is 13.0. The molecule has 0 unspecified atom stereocenters. The number of thioether (sulfide) groups is 1. The molecule has 0 saturated heterocycles. The topological polar surface area (TPSA) is 132 Å². The second kappa shape index (κ2) is 7.25. The molecule has 4 amide bonds. The van der Waals surface area contributed by atoms with Crippen molar-refractivity contribution in [2.24, 2.45) is 5.73 Å². The fourth-order valence-corrected chi connectivity index (χ4v) is 2.69. The van der Waals surface area contributed by atoms with Crippen LogP contribution in [0.1, 0.15) is 31.1 Å². The Morgan fingerprint density at radius 1 is 1.36 bits per heavy atom. The van der Waals surface area contributed by atoms with Crippen molar-refractivity contribution < 1.29 is 14.4 Å². The van der Waals surface area contributed by atoms with Crippen LogP contribution in [0, 0.1) is 0 Å². The molecule has 2 rings (SSSR count). The highest BCUT2D eigenvalue weighted by atomic mass is 32.2. The van der Waals surface area contributed by atoms with Gasteiger partial charge in [-0.25, -0.2) is 4.79 Å². The maximum absolute atomic E-state index is 11.6. The van der Waals surface area contributed by atoms with Gasteiger partial charge in [0.25, 0.3) is 0 Å². The third-order valence-corrected chi connectivity index (χ3v) is 4.00. The zero-order chi connectivity index (χ0) is 16.1. The van der Waals surface area contributed by atoms with Gasteiger partial charge < -0.3 is 15.6 Å². The average molecular weight is 326 g/mol. The Labute approximate surface area is 131 Å². The number of hydrogen-bond donors (Lipinski definition) is 3. The van der Waals surface area contributed by atoms with Crippen LogP contribution in [0.3, 0.4) is 0 Å². The van der Waals surface area contributed by atoms with Gasteiger partial charge in [-0.2, -0.15) is 0 Å². The predicted octanol–water partition coefficient (Wildman–Crippen LogP) is -0.421. The highest BCUT2D eigenvalue weighted by molar-refractivity contribution is 7.99. The summed E-state index contributed by atoms with van der Waals surface area (Å²) in [6, 6.07) is -0.223. The smallest absolute Gasteiger partial charge is 0.321 e. The molecular weight excluding hydrogens is 308 g/mol. The van der Waals surface area contributed by atoms with Crippen molar-refractivity contribution in [2.75, 3.05) is 12.8 Å². The summed E-state index contributed by atoms with van der Waals surface area (Å²) in [6.45, 7) is 0. The number of amides is 4. The lowest BCUT2D eigenvalue weighted by Crippen LogP contribution is -2.38. The quantitative estimate of drug-likeness (QED) is 0.583. The second-order valence-electron chi connectivity index (χ2n) is 4.88. The number of aryl methyl sites for hydroxylation is 1. The van der Waals surface area contributed by atoms with Gasteiger partial charge in [-0.15, -0.1) is 10.2 Å². The predicted molar refractivity (Wildman–Crippen MR) is 79.1 cm³/mol. The van der Waals surface area contributed by atoms with E-state index in [1.165, 1.54) is 18.8 Å². The molecule has 0 atom stereocenters. The molecule has 1 aliphatic carbocycles. The van der Waals surface area contributed by atoms with E-state index < -0.39 is 11.9 Å². The number of urea groups is 1.